The first-order valence-electron chi connectivity index (χ1n) is 11.1. The maximum Gasteiger partial charge on any atom is 0.449 e. The molecule has 40 heavy (non-hydrogen) atoms. The smallest absolute Gasteiger partial charge is 0.449 e. The molecule has 0 radical (unpaired) electrons. The molecule has 220 valence electrons. The number of aromatic carboxylic acids is 1. The molecule has 0 saturated carbocycles. The lowest BCUT2D eigenvalue weighted by molar-refractivity contribution is -0.152. The number of nitrogens with two attached hydrogens (primary N) is 1. The highest BCUT2D eigenvalue weighted by Gasteiger charge is 2.41. The first-order valence-corrected chi connectivity index (χ1v) is 11.1. The van der Waals surface area contributed by atoms with Gasteiger partial charge in [0.15, 0.2) is 23.4 Å². The Morgan fingerprint density at radius 2 is 1.57 bits per heavy atom. The predicted molar refractivity (Wildman–Crippen MR) is 118 cm³/mol. The molecule has 1 unspecified atom stereocenters. The Labute approximate surface area is 220 Å². The molecule has 1 aromatic heterocycles. The Kier molecular flexibility index (Phi) is 10.2. The monoisotopic (exact) mass is 584 g/mol. The van der Waals surface area contributed by atoms with Gasteiger partial charge in [0.25, 0.3) is 0 Å². The van der Waals surface area contributed by atoms with Crippen LogP contribution in [0.5, 0.6) is 0 Å². The molecule has 1 amide bonds. The summed E-state index contributed by atoms with van der Waals surface area (Å²) in [5.74, 6) is -10.2. The number of amides is 1. The third-order valence-corrected chi connectivity index (χ3v) is 5.48. The van der Waals surface area contributed by atoms with Crippen molar-refractivity contribution in [1.82, 2.24) is 14.5 Å². The number of carboxylic acid groups (broad SMARTS) is 3. The summed E-state index contributed by atoms with van der Waals surface area (Å²) >= 11 is 0. The molecule has 0 spiro atoms. The van der Waals surface area contributed by atoms with Crippen molar-refractivity contribution in [2.45, 2.75) is 50.7 Å². The van der Waals surface area contributed by atoms with Gasteiger partial charge in [-0.25, -0.2) is 27.7 Å². The molecule has 1 aliphatic rings. The Hall–Kier alpha value is -4.19. The van der Waals surface area contributed by atoms with Gasteiger partial charge < -0.3 is 35.6 Å². The molecule has 2 heterocycles. The summed E-state index contributed by atoms with van der Waals surface area (Å²) in [6.45, 7) is -0.921. The fourth-order valence-electron chi connectivity index (χ4n) is 3.65. The van der Waals surface area contributed by atoms with E-state index in [9.17, 15) is 45.5 Å². The molecule has 12 nitrogen and oxygen atoms in total. The number of rotatable bonds is 8. The van der Waals surface area contributed by atoms with Gasteiger partial charge in [0.1, 0.15) is 5.82 Å². The van der Waals surface area contributed by atoms with Crippen molar-refractivity contribution < 1.29 is 65.9 Å². The van der Waals surface area contributed by atoms with E-state index in [1.807, 2.05) is 0 Å². The number of hydrogen-bond acceptors (Lipinski definition) is 7. The Morgan fingerprint density at radius 1 is 0.975 bits per heavy atom. The average Bonchev–Trinajstić information content (AvgIpc) is 3.22. The number of imidazole rings is 1. The summed E-state index contributed by atoms with van der Waals surface area (Å²) < 4.78 is 80.1. The lowest BCUT2D eigenvalue weighted by Crippen LogP contribution is -2.42. The molecule has 1 aromatic carbocycles. The van der Waals surface area contributed by atoms with Crippen LogP contribution in [-0.2, 0) is 40.1 Å². The first kappa shape index (κ1) is 32.0. The molecule has 2 aromatic rings. The van der Waals surface area contributed by atoms with Crippen molar-refractivity contribution in [3.63, 3.8) is 0 Å². The Balaban J connectivity index is 0.000000536. The summed E-state index contributed by atoms with van der Waals surface area (Å²) in [6.07, 6.45) is -8.08. The van der Waals surface area contributed by atoms with E-state index in [4.69, 9.17) is 26.2 Å². The van der Waals surface area contributed by atoms with E-state index in [2.05, 4.69) is 4.98 Å². The van der Waals surface area contributed by atoms with Crippen LogP contribution in [0.2, 0.25) is 0 Å². The minimum absolute atomic E-state index is 0.156. The maximum atomic E-state index is 13.8. The van der Waals surface area contributed by atoms with Crippen LogP contribution >= 0.6 is 0 Å². The van der Waals surface area contributed by atoms with Crippen LogP contribution in [0.3, 0.4) is 0 Å². The van der Waals surface area contributed by atoms with Crippen LogP contribution in [0.25, 0.3) is 0 Å². The number of fused-ring (bicyclic) bond motifs is 1. The van der Waals surface area contributed by atoms with Gasteiger partial charge in [-0.1, -0.05) is 0 Å². The number of aliphatic hydroxyl groups excluding tert-OH is 1. The van der Waals surface area contributed by atoms with Gasteiger partial charge in [0.2, 0.25) is 11.7 Å². The number of alkyl halides is 3. The molecule has 18 heteroatoms. The van der Waals surface area contributed by atoms with Crippen molar-refractivity contribution in [3.8, 4) is 0 Å². The number of nitrogens with zero attached hydrogens (tertiary/aromatic N) is 3. The van der Waals surface area contributed by atoms with Crippen LogP contribution in [0.15, 0.2) is 12.1 Å². The Morgan fingerprint density at radius 3 is 2.08 bits per heavy atom. The topological polar surface area (TPSA) is 196 Å². The molecule has 2 atom stereocenters. The molecule has 1 aliphatic heterocycles. The lowest BCUT2D eigenvalue weighted by atomic mass is 10.0. The fourth-order valence-corrected chi connectivity index (χ4v) is 3.65. The van der Waals surface area contributed by atoms with E-state index in [0.717, 1.165) is 4.90 Å². The van der Waals surface area contributed by atoms with Crippen LogP contribution in [-0.4, -0.2) is 77.4 Å². The number of benzene rings is 1. The third-order valence-electron chi connectivity index (χ3n) is 5.48. The highest BCUT2D eigenvalue weighted by molar-refractivity contribution is 5.87. The van der Waals surface area contributed by atoms with Crippen LogP contribution in [0.1, 0.15) is 40.4 Å². The average molecular weight is 584 g/mol. The molecule has 0 aliphatic carbocycles. The molecule has 0 saturated heterocycles. The lowest BCUT2D eigenvalue weighted by Gasteiger charge is -2.30. The van der Waals surface area contributed by atoms with Crippen molar-refractivity contribution in [1.29, 1.82) is 0 Å². The van der Waals surface area contributed by atoms with Gasteiger partial charge in [-0.2, -0.15) is 13.2 Å². The highest BCUT2D eigenvalue weighted by atomic mass is 19.4. The number of carbonyl (C=O) groups excluding carboxylic acids is 1. The normalized spacial score (nSPS) is 14.4. The second-order valence-corrected chi connectivity index (χ2v) is 8.48. The van der Waals surface area contributed by atoms with E-state index >= 15 is 0 Å². The summed E-state index contributed by atoms with van der Waals surface area (Å²) in [7, 11) is 0. The van der Waals surface area contributed by atoms with E-state index in [0.29, 0.717) is 16.7 Å². The van der Waals surface area contributed by atoms with E-state index in [1.54, 1.807) is 0 Å². The zero-order valence-electron chi connectivity index (χ0n) is 20.2. The molecule has 0 bridgehead atoms. The predicted octanol–water partition coefficient (Wildman–Crippen LogP) is 1.23. The second kappa shape index (κ2) is 12.8. The first-order chi connectivity index (χ1) is 18.4. The molecule has 6 N–H and O–H groups in total. The molecular formula is C22H22F6N4O8. The zero-order chi connectivity index (χ0) is 30.5. The quantitative estimate of drug-likeness (QED) is 0.222. The zero-order valence-corrected chi connectivity index (χ0v) is 20.2. The number of aliphatic carboxylic acids is 2. The van der Waals surface area contributed by atoms with Gasteiger partial charge in [-0.3, -0.25) is 9.59 Å². The third kappa shape index (κ3) is 8.15. The van der Waals surface area contributed by atoms with E-state index in [-0.39, 0.29) is 37.2 Å². The molecular weight excluding hydrogens is 562 g/mol. The second-order valence-electron chi connectivity index (χ2n) is 8.48. The minimum Gasteiger partial charge on any atom is -0.481 e. The minimum atomic E-state index is -4.87. The van der Waals surface area contributed by atoms with Gasteiger partial charge in [0, 0.05) is 31.6 Å². The number of carbonyl (C=O) groups is 4. The number of carboxylic acids is 3. The van der Waals surface area contributed by atoms with Gasteiger partial charge in [-0.05, 0) is 18.1 Å². The SMILES string of the molecule is N[C@@H](CC(=O)N1CCn2c(C(F)(F)F)nc(C(=O)O)c2C1)Cc1cc(F)c(F)cc1F.O=C(O)CC(O)C(=O)O. The van der Waals surface area contributed by atoms with Crippen LogP contribution in [0, 0.1) is 17.5 Å². The summed E-state index contributed by atoms with van der Waals surface area (Å²) in [5.41, 5.74) is 4.49. The van der Waals surface area contributed by atoms with E-state index in [1.165, 1.54) is 0 Å². The summed E-state index contributed by atoms with van der Waals surface area (Å²) in [4.78, 5) is 47.5. The maximum absolute atomic E-state index is 13.8. The molecule has 3 rings (SSSR count). The van der Waals surface area contributed by atoms with Crippen molar-refractivity contribution in [2.75, 3.05) is 6.54 Å². The highest BCUT2D eigenvalue weighted by Crippen LogP contribution is 2.32. The molecule has 0 fully saturated rings. The van der Waals surface area contributed by atoms with Crippen molar-refractivity contribution in [2.24, 2.45) is 5.73 Å². The largest absolute Gasteiger partial charge is 0.481 e. The van der Waals surface area contributed by atoms with Crippen LogP contribution in [0.4, 0.5) is 26.3 Å². The number of aromatic nitrogens is 2. The summed E-state index contributed by atoms with van der Waals surface area (Å²) in [5, 5.41) is 33.3. The van der Waals surface area contributed by atoms with Gasteiger partial charge in [0.05, 0.1) is 18.7 Å². The summed E-state index contributed by atoms with van der Waals surface area (Å²) in [6, 6.07) is -0.00786. The van der Waals surface area contributed by atoms with Gasteiger partial charge >= 0.3 is 24.1 Å². The Bertz CT molecular complexity index is 1300. The fraction of sp³-hybridized carbons (Fsp3) is 0.409. The number of halogens is 6. The van der Waals surface area contributed by atoms with Gasteiger partial charge in [-0.15, -0.1) is 0 Å². The van der Waals surface area contributed by atoms with E-state index < -0.39 is 84.1 Å². The van der Waals surface area contributed by atoms with Crippen LogP contribution < -0.4 is 5.73 Å². The van der Waals surface area contributed by atoms with Crippen molar-refractivity contribution >= 4 is 23.8 Å². The van der Waals surface area contributed by atoms with Crippen molar-refractivity contribution in [3.05, 3.63) is 52.4 Å². The number of aliphatic hydroxyl groups is 1. The number of hydrogen-bond donors (Lipinski definition) is 5. The standard InChI is InChI=1S/C18H16F6N4O3.C4H6O5/c19-10-6-12(21)11(20)4-8(10)3-9(25)5-14(29)27-1-2-28-13(7-27)15(16(30)31)26-17(28)18(22,23)24;5-2(4(8)9)1-3(6)7/h4,6,9H,1-3,5,7,25H2,(H,30,31);2,5H,1H2,(H,6,7)(H,8,9)/t9-;/m1./s1.